The van der Waals surface area contributed by atoms with Gasteiger partial charge in [0.05, 0.1) is 11.7 Å². The minimum atomic E-state index is -0.159. The molecule has 0 bridgehead atoms. The van der Waals surface area contributed by atoms with Crippen molar-refractivity contribution in [2.24, 2.45) is 0 Å². The van der Waals surface area contributed by atoms with E-state index in [2.05, 4.69) is 20.8 Å². The van der Waals surface area contributed by atoms with Gasteiger partial charge in [-0.2, -0.15) is 0 Å². The van der Waals surface area contributed by atoms with Gasteiger partial charge in [-0.15, -0.1) is 0 Å². The minimum Gasteiger partial charge on any atom is -0.346 e. The van der Waals surface area contributed by atoms with Crippen LogP contribution < -0.4 is 0 Å². The molecule has 2 nitrogen and oxygen atoms in total. The maximum absolute atomic E-state index is 5.68. The van der Waals surface area contributed by atoms with Gasteiger partial charge in [0.2, 0.25) is 0 Å². The van der Waals surface area contributed by atoms with Crippen LogP contribution in [0.2, 0.25) is 0 Å². The van der Waals surface area contributed by atoms with Crippen molar-refractivity contribution in [3.05, 3.63) is 12.2 Å². The molecule has 1 aliphatic heterocycles. The summed E-state index contributed by atoms with van der Waals surface area (Å²) in [5, 5.41) is 0. The average Bonchev–Trinajstić information content (AvgIpc) is 1.82. The summed E-state index contributed by atoms with van der Waals surface area (Å²) in [6.07, 6.45) is 4.99. The van der Waals surface area contributed by atoms with Crippen LogP contribution in [0.1, 0.15) is 34.1 Å². The zero-order valence-corrected chi connectivity index (χ0v) is 8.33. The van der Waals surface area contributed by atoms with Crippen LogP contribution >= 0.6 is 0 Å². The van der Waals surface area contributed by atoms with Crippen LogP contribution in [0.15, 0.2) is 12.2 Å². The van der Waals surface area contributed by atoms with E-state index in [1.54, 1.807) is 0 Å². The average molecular weight is 170 g/mol. The Morgan fingerprint density at radius 1 is 1.42 bits per heavy atom. The predicted octanol–water partition coefficient (Wildman–Crippen LogP) is 2.49. The molecule has 0 spiro atoms. The lowest BCUT2D eigenvalue weighted by molar-refractivity contribution is -0.246. The van der Waals surface area contributed by atoms with E-state index in [-0.39, 0.29) is 18.0 Å². The molecule has 1 heterocycles. The van der Waals surface area contributed by atoms with Gasteiger partial charge < -0.3 is 9.47 Å². The van der Waals surface area contributed by atoms with Gasteiger partial charge in [0.15, 0.2) is 6.29 Å². The highest BCUT2D eigenvalue weighted by Gasteiger charge is 2.31. The summed E-state index contributed by atoms with van der Waals surface area (Å²) in [6, 6.07) is 0. The zero-order valence-electron chi connectivity index (χ0n) is 8.33. The third kappa shape index (κ3) is 2.61. The first-order chi connectivity index (χ1) is 5.53. The molecule has 0 aliphatic carbocycles. The SMILES string of the molecule is C/C=C\C1OC(C)CC(C)(C)O1. The van der Waals surface area contributed by atoms with Crippen LogP contribution in [-0.4, -0.2) is 18.0 Å². The first-order valence-corrected chi connectivity index (χ1v) is 4.49. The van der Waals surface area contributed by atoms with Crippen LogP contribution in [0, 0.1) is 0 Å². The smallest absolute Gasteiger partial charge is 0.177 e. The van der Waals surface area contributed by atoms with Gasteiger partial charge in [0.1, 0.15) is 0 Å². The van der Waals surface area contributed by atoms with Crippen molar-refractivity contribution >= 4 is 0 Å². The zero-order chi connectivity index (χ0) is 9.19. The first-order valence-electron chi connectivity index (χ1n) is 4.49. The highest BCUT2D eigenvalue weighted by molar-refractivity contribution is 4.88. The van der Waals surface area contributed by atoms with E-state index in [9.17, 15) is 0 Å². The number of allylic oxidation sites excluding steroid dienone is 1. The Labute approximate surface area is 74.6 Å². The van der Waals surface area contributed by atoms with E-state index in [4.69, 9.17) is 9.47 Å². The van der Waals surface area contributed by atoms with Crippen molar-refractivity contribution in [3.8, 4) is 0 Å². The van der Waals surface area contributed by atoms with Gasteiger partial charge in [-0.25, -0.2) is 0 Å². The number of hydrogen-bond acceptors (Lipinski definition) is 2. The Bertz CT molecular complexity index is 173. The number of hydrogen-bond donors (Lipinski definition) is 0. The third-order valence-electron chi connectivity index (χ3n) is 1.93. The number of rotatable bonds is 1. The second-order valence-corrected chi connectivity index (χ2v) is 3.92. The van der Waals surface area contributed by atoms with Crippen molar-refractivity contribution in [1.29, 1.82) is 0 Å². The summed E-state index contributed by atoms with van der Waals surface area (Å²) in [4.78, 5) is 0. The van der Waals surface area contributed by atoms with Crippen molar-refractivity contribution in [2.45, 2.75) is 52.1 Å². The molecule has 1 rings (SSSR count). The third-order valence-corrected chi connectivity index (χ3v) is 1.93. The molecule has 0 aromatic rings. The Kier molecular flexibility index (Phi) is 2.91. The van der Waals surface area contributed by atoms with Crippen molar-refractivity contribution in [3.63, 3.8) is 0 Å². The van der Waals surface area contributed by atoms with Gasteiger partial charge in [-0.05, 0) is 33.8 Å². The van der Waals surface area contributed by atoms with E-state index in [0.717, 1.165) is 6.42 Å². The van der Waals surface area contributed by atoms with E-state index in [1.807, 2.05) is 19.1 Å². The normalized spacial score (nSPS) is 35.7. The molecule has 12 heavy (non-hydrogen) atoms. The molecule has 0 aromatic heterocycles. The van der Waals surface area contributed by atoms with Crippen molar-refractivity contribution in [2.75, 3.05) is 0 Å². The van der Waals surface area contributed by atoms with Gasteiger partial charge in [0.25, 0.3) is 0 Å². The molecular weight excluding hydrogens is 152 g/mol. The molecule has 2 heteroatoms. The van der Waals surface area contributed by atoms with Gasteiger partial charge in [-0.1, -0.05) is 6.08 Å². The van der Waals surface area contributed by atoms with Crippen LogP contribution in [0.3, 0.4) is 0 Å². The molecule has 2 atom stereocenters. The maximum atomic E-state index is 5.68. The minimum absolute atomic E-state index is 0.0537. The molecule has 1 aliphatic rings. The van der Waals surface area contributed by atoms with Gasteiger partial charge in [-0.3, -0.25) is 0 Å². The molecule has 0 amide bonds. The fraction of sp³-hybridized carbons (Fsp3) is 0.800. The van der Waals surface area contributed by atoms with E-state index in [0.29, 0.717) is 0 Å². The molecule has 1 fully saturated rings. The summed E-state index contributed by atoms with van der Waals surface area (Å²) in [5.41, 5.74) is -0.0537. The molecule has 0 radical (unpaired) electrons. The van der Waals surface area contributed by atoms with Crippen molar-refractivity contribution < 1.29 is 9.47 Å². The van der Waals surface area contributed by atoms with Crippen LogP contribution in [0.5, 0.6) is 0 Å². The molecule has 0 aromatic carbocycles. The highest BCUT2D eigenvalue weighted by atomic mass is 16.7. The Morgan fingerprint density at radius 3 is 2.58 bits per heavy atom. The van der Waals surface area contributed by atoms with Gasteiger partial charge >= 0.3 is 0 Å². The number of ether oxygens (including phenoxy) is 2. The van der Waals surface area contributed by atoms with E-state index in [1.165, 1.54) is 0 Å². The maximum Gasteiger partial charge on any atom is 0.177 e. The molecule has 70 valence electrons. The lowest BCUT2D eigenvalue weighted by Gasteiger charge is -2.38. The lowest BCUT2D eigenvalue weighted by Crippen LogP contribution is -2.42. The molecular formula is C10H18O2. The largest absolute Gasteiger partial charge is 0.346 e. The highest BCUT2D eigenvalue weighted by Crippen LogP contribution is 2.27. The topological polar surface area (TPSA) is 18.5 Å². The Hall–Kier alpha value is -0.340. The molecule has 0 saturated carbocycles. The first kappa shape index (κ1) is 9.75. The lowest BCUT2D eigenvalue weighted by atomic mass is 10.00. The fourth-order valence-electron chi connectivity index (χ4n) is 1.60. The molecule has 1 saturated heterocycles. The second kappa shape index (κ2) is 3.58. The summed E-state index contributed by atoms with van der Waals surface area (Å²) < 4.78 is 11.2. The summed E-state index contributed by atoms with van der Waals surface area (Å²) in [5.74, 6) is 0. The molecule has 2 unspecified atom stereocenters. The summed E-state index contributed by atoms with van der Waals surface area (Å²) >= 11 is 0. The monoisotopic (exact) mass is 170 g/mol. The van der Waals surface area contributed by atoms with Crippen molar-refractivity contribution in [1.82, 2.24) is 0 Å². The van der Waals surface area contributed by atoms with E-state index >= 15 is 0 Å². The predicted molar refractivity (Wildman–Crippen MR) is 48.9 cm³/mol. The fourth-order valence-corrected chi connectivity index (χ4v) is 1.60. The standard InChI is InChI=1S/C10H18O2/c1-5-6-9-11-8(2)7-10(3,4)12-9/h5-6,8-9H,7H2,1-4H3/b6-5-. The molecule has 0 N–H and O–H groups in total. The van der Waals surface area contributed by atoms with E-state index < -0.39 is 0 Å². The second-order valence-electron chi connectivity index (χ2n) is 3.92. The van der Waals surface area contributed by atoms with Crippen LogP contribution in [0.25, 0.3) is 0 Å². The van der Waals surface area contributed by atoms with Crippen LogP contribution in [-0.2, 0) is 9.47 Å². The quantitative estimate of drug-likeness (QED) is 0.563. The summed E-state index contributed by atoms with van der Waals surface area (Å²) in [7, 11) is 0. The van der Waals surface area contributed by atoms with Crippen LogP contribution in [0.4, 0.5) is 0 Å². The summed E-state index contributed by atoms with van der Waals surface area (Å²) in [6.45, 7) is 8.25. The Balaban J connectivity index is 2.57. The van der Waals surface area contributed by atoms with Gasteiger partial charge in [0, 0.05) is 6.42 Å². The Morgan fingerprint density at radius 2 is 2.08 bits per heavy atom.